The number of nitrogens with zero attached hydrogens (tertiary/aromatic N) is 12. The van der Waals surface area contributed by atoms with Crippen LogP contribution in [0.3, 0.4) is 0 Å². The van der Waals surface area contributed by atoms with E-state index >= 15 is 0 Å². The molecule has 0 aliphatic rings. The summed E-state index contributed by atoms with van der Waals surface area (Å²) in [6, 6.07) is 1.54. The van der Waals surface area contributed by atoms with Crippen LogP contribution in [0.5, 0.6) is 0 Å². The fraction of sp³-hybridized carbons (Fsp3) is 0.250. The van der Waals surface area contributed by atoms with Gasteiger partial charge in [-0.15, -0.1) is 20.5 Å². The van der Waals surface area contributed by atoms with Gasteiger partial charge in [-0.1, -0.05) is 0 Å². The number of nitrogens with two attached hydrogens (primary N) is 2. The highest BCUT2D eigenvalue weighted by Gasteiger charge is 2.22. The number of carbonyl (C=O) groups is 2. The summed E-state index contributed by atoms with van der Waals surface area (Å²) >= 11 is 0. The molecule has 0 bridgehead atoms. The molecular formula is C24H26N16O4. The van der Waals surface area contributed by atoms with Crippen molar-refractivity contribution in [3.63, 3.8) is 0 Å². The number of aromatic nitrogens is 10. The fourth-order valence-electron chi connectivity index (χ4n) is 4.18. The molecule has 0 fully saturated rings. The molecule has 5 aromatic heterocycles. The smallest absolute Gasteiger partial charge is 0.343 e. The zero-order valence-electron chi connectivity index (χ0n) is 24.1. The van der Waals surface area contributed by atoms with E-state index in [0.717, 1.165) is 0 Å². The number of nitrogen functional groups attached to an aromatic ring is 2. The van der Waals surface area contributed by atoms with Gasteiger partial charge in [-0.3, -0.25) is 15.0 Å². The third-order valence-corrected chi connectivity index (χ3v) is 6.37. The van der Waals surface area contributed by atoms with Gasteiger partial charge >= 0.3 is 5.97 Å². The molecular weight excluding hydrogens is 576 g/mol. The number of esters is 1. The van der Waals surface area contributed by atoms with E-state index in [1.165, 1.54) is 28.9 Å². The fourth-order valence-corrected chi connectivity index (χ4v) is 4.18. The van der Waals surface area contributed by atoms with Gasteiger partial charge in [0.15, 0.2) is 52.1 Å². The number of ether oxygens (including phenoxy) is 1. The minimum Gasteiger partial charge on any atom is -0.465 e. The largest absolute Gasteiger partial charge is 0.465 e. The Hall–Kier alpha value is -6.18. The van der Waals surface area contributed by atoms with E-state index in [9.17, 15) is 14.7 Å². The minimum atomic E-state index is -0.705. The Morgan fingerprint density at radius 2 is 1.30 bits per heavy atom. The molecule has 0 amide bonds. The minimum absolute atomic E-state index is 0.0686. The summed E-state index contributed by atoms with van der Waals surface area (Å²) in [5, 5.41) is 47.8. The van der Waals surface area contributed by atoms with Crippen molar-refractivity contribution in [2.45, 2.75) is 27.7 Å². The molecule has 5 heterocycles. The van der Waals surface area contributed by atoms with Crippen molar-refractivity contribution in [3.8, 4) is 11.6 Å². The maximum absolute atomic E-state index is 12.1. The summed E-state index contributed by atoms with van der Waals surface area (Å²) in [5.41, 5.74) is 15.0. The predicted molar refractivity (Wildman–Crippen MR) is 152 cm³/mol. The molecule has 0 spiro atoms. The van der Waals surface area contributed by atoms with Crippen LogP contribution in [-0.2, 0) is 4.74 Å². The first kappa shape index (κ1) is 29.3. The van der Waals surface area contributed by atoms with Gasteiger partial charge in [0, 0.05) is 6.07 Å². The molecule has 20 heteroatoms. The van der Waals surface area contributed by atoms with Crippen LogP contribution in [0, 0.1) is 27.7 Å². The molecule has 44 heavy (non-hydrogen) atoms. The number of methoxy groups -OCH3 is 1. The van der Waals surface area contributed by atoms with Gasteiger partial charge < -0.3 is 21.3 Å². The van der Waals surface area contributed by atoms with Crippen molar-refractivity contribution in [1.82, 2.24) is 49.9 Å². The number of aromatic amines is 2. The molecule has 20 nitrogen and oxygen atoms in total. The topological polar surface area (TPSA) is 284 Å². The number of H-pyrrole nitrogens is 2. The van der Waals surface area contributed by atoms with Crippen molar-refractivity contribution < 1.29 is 19.4 Å². The van der Waals surface area contributed by atoms with E-state index in [4.69, 9.17) is 16.2 Å². The molecule has 0 radical (unpaired) electrons. The summed E-state index contributed by atoms with van der Waals surface area (Å²) < 4.78 is 7.45. The Balaban J connectivity index is 1.46. The van der Waals surface area contributed by atoms with Crippen LogP contribution in [-0.4, -0.2) is 80.5 Å². The van der Waals surface area contributed by atoms with Gasteiger partial charge in [0.25, 0.3) is 0 Å². The van der Waals surface area contributed by atoms with Crippen LogP contribution in [0.15, 0.2) is 32.9 Å². The SMILES string of the molecule is COC(=O)c1c(C)n[nH]c1/N=N/c1c(C)nn(-c2cc(-n3nc(C)c(/N=N/c4[nH]nc(C)c4C(=O)CO)c3N)ncn2)c1N. The standard InChI is InChI=1S/C24H26N16O4/c1-9-16(13(42)7-41)22(33-29-9)35-31-18-11(3)37-39(20(18)25)14-6-15(28-8-27-14)40-21(26)19(12(4)38-40)32-36-23-17(24(43)44-5)10(2)30-34-23/h6,8,41H,7,25-26H2,1-5H3,(H,29,33)(H,30,34)/b35-31+,36-32+. The van der Waals surface area contributed by atoms with E-state index < -0.39 is 18.4 Å². The summed E-state index contributed by atoms with van der Waals surface area (Å²) in [7, 11) is 1.25. The molecule has 0 saturated heterocycles. The maximum atomic E-state index is 12.1. The van der Waals surface area contributed by atoms with Gasteiger partial charge in [0.2, 0.25) is 0 Å². The molecule has 7 N–H and O–H groups in total. The van der Waals surface area contributed by atoms with Gasteiger partial charge in [-0.2, -0.15) is 29.8 Å². The first-order valence-corrected chi connectivity index (χ1v) is 12.7. The Morgan fingerprint density at radius 3 is 1.77 bits per heavy atom. The normalized spacial score (nSPS) is 11.7. The number of rotatable bonds is 9. The highest BCUT2D eigenvalue weighted by atomic mass is 16.5. The van der Waals surface area contributed by atoms with Gasteiger partial charge in [0.05, 0.1) is 35.4 Å². The third-order valence-electron chi connectivity index (χ3n) is 6.37. The van der Waals surface area contributed by atoms with Crippen LogP contribution in [0.4, 0.5) is 34.6 Å². The van der Waals surface area contributed by atoms with E-state index in [-0.39, 0.29) is 57.4 Å². The number of azo groups is 2. The summed E-state index contributed by atoms with van der Waals surface area (Å²) in [6.45, 7) is 5.87. The van der Waals surface area contributed by atoms with Gasteiger partial charge in [-0.05, 0) is 27.7 Å². The second-order valence-corrected chi connectivity index (χ2v) is 9.23. The van der Waals surface area contributed by atoms with E-state index in [1.807, 2.05) is 0 Å². The number of Topliss-reactive ketones (excluding diaryl/α,β-unsaturated/α-hetero) is 1. The molecule has 0 saturated carbocycles. The van der Waals surface area contributed by atoms with Crippen LogP contribution < -0.4 is 11.5 Å². The van der Waals surface area contributed by atoms with Gasteiger partial charge in [0.1, 0.15) is 18.5 Å². The molecule has 0 atom stereocenters. The highest BCUT2D eigenvalue weighted by Crippen LogP contribution is 2.33. The van der Waals surface area contributed by atoms with Crippen molar-refractivity contribution in [3.05, 3.63) is 46.3 Å². The van der Waals surface area contributed by atoms with Crippen LogP contribution in [0.2, 0.25) is 0 Å². The average molecular weight is 603 g/mol. The number of anilines is 2. The molecule has 226 valence electrons. The lowest BCUT2D eigenvalue weighted by Gasteiger charge is -2.06. The first-order chi connectivity index (χ1) is 21.0. The Labute approximate surface area is 247 Å². The molecule has 0 aliphatic carbocycles. The monoisotopic (exact) mass is 602 g/mol. The number of ketones is 1. The Kier molecular flexibility index (Phi) is 7.73. The summed E-state index contributed by atoms with van der Waals surface area (Å²) in [4.78, 5) is 32.7. The lowest BCUT2D eigenvalue weighted by Crippen LogP contribution is -2.09. The second kappa shape index (κ2) is 11.6. The predicted octanol–water partition coefficient (Wildman–Crippen LogP) is 2.48. The number of aryl methyl sites for hydroxylation is 4. The van der Waals surface area contributed by atoms with E-state index in [1.54, 1.807) is 27.7 Å². The molecule has 0 aromatic carbocycles. The van der Waals surface area contributed by atoms with Crippen LogP contribution >= 0.6 is 0 Å². The third kappa shape index (κ3) is 5.15. The molecule has 0 aliphatic heterocycles. The zero-order valence-corrected chi connectivity index (χ0v) is 24.1. The number of aliphatic hydroxyl groups excluding tert-OH is 1. The number of carbonyl (C=O) groups excluding carboxylic acids is 2. The number of hydrogen-bond acceptors (Lipinski definition) is 16. The average Bonchev–Trinajstić information content (AvgIpc) is 3.73. The van der Waals surface area contributed by atoms with Crippen molar-refractivity contribution in [2.24, 2.45) is 20.5 Å². The lowest BCUT2D eigenvalue weighted by molar-refractivity contribution is 0.0600. The van der Waals surface area contributed by atoms with E-state index in [0.29, 0.717) is 22.8 Å². The Bertz CT molecular complexity index is 1820. The maximum Gasteiger partial charge on any atom is 0.343 e. The second-order valence-electron chi connectivity index (χ2n) is 9.23. The Morgan fingerprint density at radius 1 is 0.818 bits per heavy atom. The van der Waals surface area contributed by atoms with E-state index in [2.05, 4.69) is 61.0 Å². The van der Waals surface area contributed by atoms with Crippen molar-refractivity contribution in [1.29, 1.82) is 0 Å². The lowest BCUT2D eigenvalue weighted by atomic mass is 10.1. The number of nitrogens with one attached hydrogen (secondary N) is 2. The zero-order chi connectivity index (χ0) is 31.7. The highest BCUT2D eigenvalue weighted by molar-refractivity contribution is 6.01. The first-order valence-electron chi connectivity index (χ1n) is 12.7. The number of hydrogen-bond donors (Lipinski definition) is 5. The molecule has 5 rings (SSSR count). The quantitative estimate of drug-likeness (QED) is 0.0923. The van der Waals surface area contributed by atoms with Crippen molar-refractivity contribution >= 4 is 46.4 Å². The molecule has 5 aromatic rings. The van der Waals surface area contributed by atoms with Crippen LogP contribution in [0.1, 0.15) is 43.5 Å². The summed E-state index contributed by atoms with van der Waals surface area (Å²) in [6.07, 6.45) is 1.27. The van der Waals surface area contributed by atoms with Crippen LogP contribution in [0.25, 0.3) is 11.6 Å². The van der Waals surface area contributed by atoms with Crippen molar-refractivity contribution in [2.75, 3.05) is 25.2 Å². The molecule has 0 unspecified atom stereocenters. The summed E-state index contributed by atoms with van der Waals surface area (Å²) in [5.74, 6) is -0.279. The number of aliphatic hydroxyl groups is 1. The van der Waals surface area contributed by atoms with Gasteiger partial charge in [-0.25, -0.2) is 14.8 Å².